The van der Waals surface area contributed by atoms with Gasteiger partial charge in [-0.15, -0.1) is 10.2 Å². The predicted octanol–water partition coefficient (Wildman–Crippen LogP) is 1.50. The van der Waals surface area contributed by atoms with Crippen molar-refractivity contribution in [2.45, 2.75) is 37.6 Å². The molecule has 0 saturated heterocycles. The summed E-state index contributed by atoms with van der Waals surface area (Å²) >= 11 is 0. The fourth-order valence-electron chi connectivity index (χ4n) is 2.70. The van der Waals surface area contributed by atoms with E-state index in [0.29, 0.717) is 0 Å². The Labute approximate surface area is 94.5 Å². The van der Waals surface area contributed by atoms with Gasteiger partial charge < -0.3 is 5.73 Å². The summed E-state index contributed by atoms with van der Waals surface area (Å²) in [5, 5.41) is 8.53. The van der Waals surface area contributed by atoms with E-state index in [1.165, 1.54) is 6.42 Å². The fraction of sp³-hybridized carbons (Fsp3) is 0.500. The molecule has 4 nitrogen and oxygen atoms in total. The molecule has 2 N–H and O–H groups in total. The van der Waals surface area contributed by atoms with Crippen LogP contribution in [0.3, 0.4) is 0 Å². The Morgan fingerprint density at radius 2 is 2.31 bits per heavy atom. The Kier molecular flexibility index (Phi) is 2.01. The monoisotopic (exact) mass is 216 g/mol. The molecule has 2 aromatic rings. The van der Waals surface area contributed by atoms with Gasteiger partial charge in [0.15, 0.2) is 5.65 Å². The maximum Gasteiger partial charge on any atom is 0.160 e. The van der Waals surface area contributed by atoms with Gasteiger partial charge in [0.2, 0.25) is 0 Å². The van der Waals surface area contributed by atoms with E-state index in [0.717, 1.165) is 24.3 Å². The number of rotatable bonds is 1. The van der Waals surface area contributed by atoms with Gasteiger partial charge in [0.25, 0.3) is 0 Å². The molecule has 0 spiro atoms. The van der Waals surface area contributed by atoms with E-state index < -0.39 is 0 Å². The second-order valence-corrected chi connectivity index (χ2v) is 4.87. The van der Waals surface area contributed by atoms with Crippen LogP contribution < -0.4 is 5.73 Å². The first-order valence-corrected chi connectivity index (χ1v) is 5.78. The van der Waals surface area contributed by atoms with Crippen LogP contribution in [0, 0.1) is 0 Å². The van der Waals surface area contributed by atoms with Crippen molar-refractivity contribution >= 4 is 5.65 Å². The average Bonchev–Trinajstić information content (AvgIpc) is 2.85. The zero-order chi connectivity index (χ0) is 11.2. The Hall–Kier alpha value is -1.42. The minimum Gasteiger partial charge on any atom is -0.327 e. The van der Waals surface area contributed by atoms with E-state index in [2.05, 4.69) is 21.5 Å². The van der Waals surface area contributed by atoms with Crippen LogP contribution in [0.5, 0.6) is 0 Å². The molecule has 1 aliphatic rings. The Bertz CT molecular complexity index is 518. The topological polar surface area (TPSA) is 56.2 Å². The van der Waals surface area contributed by atoms with Crippen LogP contribution in [-0.2, 0) is 5.41 Å². The molecular weight excluding hydrogens is 200 g/mol. The predicted molar refractivity (Wildman–Crippen MR) is 62.2 cm³/mol. The summed E-state index contributed by atoms with van der Waals surface area (Å²) in [6.07, 6.45) is 5.38. The molecule has 1 saturated carbocycles. The lowest BCUT2D eigenvalue weighted by Crippen LogP contribution is -2.39. The van der Waals surface area contributed by atoms with Gasteiger partial charge in [-0.05, 0) is 25.0 Å². The minimum atomic E-state index is -0.0270. The summed E-state index contributed by atoms with van der Waals surface area (Å²) in [5.41, 5.74) is 7.09. The van der Waals surface area contributed by atoms with E-state index in [-0.39, 0.29) is 11.5 Å². The van der Waals surface area contributed by atoms with Crippen LogP contribution in [0.4, 0.5) is 0 Å². The minimum absolute atomic E-state index is 0.0270. The highest BCUT2D eigenvalue weighted by Gasteiger charge is 2.41. The van der Waals surface area contributed by atoms with Crippen molar-refractivity contribution in [3.05, 3.63) is 30.2 Å². The van der Waals surface area contributed by atoms with Gasteiger partial charge in [0.1, 0.15) is 5.82 Å². The van der Waals surface area contributed by atoms with Crippen molar-refractivity contribution in [2.75, 3.05) is 0 Å². The summed E-state index contributed by atoms with van der Waals surface area (Å²) in [6, 6.07) is 6.15. The van der Waals surface area contributed by atoms with Gasteiger partial charge in [-0.25, -0.2) is 0 Å². The first kappa shape index (κ1) is 9.78. The van der Waals surface area contributed by atoms with Crippen LogP contribution in [0.15, 0.2) is 24.4 Å². The van der Waals surface area contributed by atoms with Gasteiger partial charge >= 0.3 is 0 Å². The lowest BCUT2D eigenvalue weighted by Gasteiger charge is -2.26. The van der Waals surface area contributed by atoms with Crippen molar-refractivity contribution in [1.82, 2.24) is 14.6 Å². The lowest BCUT2D eigenvalue weighted by atomic mass is 9.84. The Morgan fingerprint density at radius 1 is 1.44 bits per heavy atom. The normalized spacial score (nSPS) is 30.0. The molecule has 0 amide bonds. The van der Waals surface area contributed by atoms with Crippen molar-refractivity contribution in [2.24, 2.45) is 5.73 Å². The van der Waals surface area contributed by atoms with Crippen molar-refractivity contribution in [3.8, 4) is 0 Å². The van der Waals surface area contributed by atoms with Crippen LogP contribution >= 0.6 is 0 Å². The number of hydrogen-bond donors (Lipinski definition) is 1. The highest BCUT2D eigenvalue weighted by Crippen LogP contribution is 2.38. The number of nitrogens with zero attached hydrogens (tertiary/aromatic N) is 3. The van der Waals surface area contributed by atoms with Crippen molar-refractivity contribution < 1.29 is 0 Å². The van der Waals surface area contributed by atoms with Gasteiger partial charge in [-0.2, -0.15) is 0 Å². The summed E-state index contributed by atoms with van der Waals surface area (Å²) in [7, 11) is 0. The van der Waals surface area contributed by atoms with Crippen LogP contribution in [-0.4, -0.2) is 20.6 Å². The molecule has 1 fully saturated rings. The molecule has 4 heteroatoms. The summed E-state index contributed by atoms with van der Waals surface area (Å²) in [6.45, 7) is 2.20. The highest BCUT2D eigenvalue weighted by atomic mass is 15.3. The third kappa shape index (κ3) is 1.19. The van der Waals surface area contributed by atoms with Crippen LogP contribution in [0.1, 0.15) is 32.0 Å². The third-order valence-corrected chi connectivity index (χ3v) is 3.85. The van der Waals surface area contributed by atoms with E-state index in [4.69, 9.17) is 5.73 Å². The number of fused-ring (bicyclic) bond motifs is 1. The molecule has 3 rings (SSSR count). The molecule has 84 valence electrons. The quantitative estimate of drug-likeness (QED) is 0.786. The zero-order valence-electron chi connectivity index (χ0n) is 9.43. The average molecular weight is 216 g/mol. The smallest absolute Gasteiger partial charge is 0.160 e. The second kappa shape index (κ2) is 3.28. The lowest BCUT2D eigenvalue weighted by molar-refractivity contribution is 0.400. The number of nitrogens with two attached hydrogens (primary N) is 1. The first-order chi connectivity index (χ1) is 7.72. The number of pyridine rings is 1. The molecule has 2 aromatic heterocycles. The van der Waals surface area contributed by atoms with E-state index in [9.17, 15) is 0 Å². The van der Waals surface area contributed by atoms with Gasteiger partial charge in [-0.3, -0.25) is 4.40 Å². The highest BCUT2D eigenvalue weighted by molar-refractivity contribution is 5.39. The Morgan fingerprint density at radius 3 is 3.06 bits per heavy atom. The zero-order valence-corrected chi connectivity index (χ0v) is 9.43. The van der Waals surface area contributed by atoms with Crippen molar-refractivity contribution in [1.29, 1.82) is 0 Å². The molecule has 16 heavy (non-hydrogen) atoms. The molecular formula is C12H16N4. The van der Waals surface area contributed by atoms with E-state index >= 15 is 0 Å². The van der Waals surface area contributed by atoms with Crippen LogP contribution in [0.2, 0.25) is 0 Å². The molecule has 0 bridgehead atoms. The molecule has 0 aliphatic heterocycles. The van der Waals surface area contributed by atoms with Crippen molar-refractivity contribution in [3.63, 3.8) is 0 Å². The van der Waals surface area contributed by atoms with E-state index in [1.54, 1.807) is 0 Å². The Balaban J connectivity index is 2.19. The third-order valence-electron chi connectivity index (χ3n) is 3.85. The molecule has 2 atom stereocenters. The molecule has 2 heterocycles. The molecule has 0 aromatic carbocycles. The summed E-state index contributed by atoms with van der Waals surface area (Å²) in [5.74, 6) is 1.01. The maximum atomic E-state index is 6.21. The van der Waals surface area contributed by atoms with Gasteiger partial charge in [0.05, 0.1) is 0 Å². The van der Waals surface area contributed by atoms with E-state index in [1.807, 2.05) is 24.4 Å². The summed E-state index contributed by atoms with van der Waals surface area (Å²) < 4.78 is 2.06. The SMILES string of the molecule is CC1(c2nnc3ccccn23)CCCC1N. The first-order valence-electron chi connectivity index (χ1n) is 5.78. The molecule has 2 unspecified atom stereocenters. The van der Waals surface area contributed by atoms with Gasteiger partial charge in [0, 0.05) is 17.7 Å². The largest absolute Gasteiger partial charge is 0.327 e. The maximum absolute atomic E-state index is 6.21. The standard InChI is InChI=1S/C12H16N4/c1-12(7-4-5-9(12)13)11-15-14-10-6-2-3-8-16(10)11/h2-3,6,8-9H,4-5,7,13H2,1H3. The number of aromatic nitrogens is 3. The molecule has 1 aliphatic carbocycles. The fourth-order valence-corrected chi connectivity index (χ4v) is 2.70. The van der Waals surface area contributed by atoms with Crippen LogP contribution in [0.25, 0.3) is 5.65 Å². The van der Waals surface area contributed by atoms with Gasteiger partial charge in [-0.1, -0.05) is 19.4 Å². The summed E-state index contributed by atoms with van der Waals surface area (Å²) in [4.78, 5) is 0. The second-order valence-electron chi connectivity index (χ2n) is 4.87. The number of hydrogen-bond acceptors (Lipinski definition) is 3. The molecule has 0 radical (unpaired) electrons.